The standard InChI is InChI=1S/C23H18N2O2S2/c26-22-21(15-17-7-3-1-4-8-17)29-23(28)25(22)16-24-18-11-13-20(14-12-18)27-19-9-5-2-6-10-19/h1-15,24H,16H2. The summed E-state index contributed by atoms with van der Waals surface area (Å²) in [6, 6.07) is 27.0. The predicted molar refractivity (Wildman–Crippen MR) is 123 cm³/mol. The van der Waals surface area contributed by atoms with Gasteiger partial charge in [-0.15, -0.1) is 0 Å². The van der Waals surface area contributed by atoms with Gasteiger partial charge in [0.25, 0.3) is 5.91 Å². The topological polar surface area (TPSA) is 41.6 Å². The summed E-state index contributed by atoms with van der Waals surface area (Å²) < 4.78 is 6.34. The van der Waals surface area contributed by atoms with Gasteiger partial charge in [0.2, 0.25) is 0 Å². The molecule has 4 rings (SSSR count). The van der Waals surface area contributed by atoms with Gasteiger partial charge in [-0.25, -0.2) is 0 Å². The van der Waals surface area contributed by atoms with Crippen molar-refractivity contribution in [1.82, 2.24) is 4.90 Å². The average Bonchev–Trinajstić information content (AvgIpc) is 3.01. The lowest BCUT2D eigenvalue weighted by Gasteiger charge is -2.16. The van der Waals surface area contributed by atoms with Crippen LogP contribution in [0.25, 0.3) is 6.08 Å². The molecule has 3 aromatic carbocycles. The third-order valence-electron chi connectivity index (χ3n) is 4.25. The van der Waals surface area contributed by atoms with Gasteiger partial charge in [-0.2, -0.15) is 0 Å². The number of anilines is 1. The molecule has 0 spiro atoms. The lowest BCUT2D eigenvalue weighted by molar-refractivity contribution is -0.121. The monoisotopic (exact) mass is 418 g/mol. The van der Waals surface area contributed by atoms with Crippen LogP contribution in [0.15, 0.2) is 89.8 Å². The molecule has 0 aromatic heterocycles. The molecular formula is C23H18N2O2S2. The highest BCUT2D eigenvalue weighted by Crippen LogP contribution is 2.32. The van der Waals surface area contributed by atoms with Crippen LogP contribution in [0.3, 0.4) is 0 Å². The molecule has 0 unspecified atom stereocenters. The molecule has 1 aliphatic rings. The predicted octanol–water partition coefficient (Wildman–Crippen LogP) is 5.75. The van der Waals surface area contributed by atoms with Gasteiger partial charge in [-0.1, -0.05) is 72.5 Å². The van der Waals surface area contributed by atoms with Crippen LogP contribution >= 0.6 is 24.0 Å². The number of nitrogens with zero attached hydrogens (tertiary/aromatic N) is 1. The van der Waals surface area contributed by atoms with E-state index >= 15 is 0 Å². The van der Waals surface area contributed by atoms with E-state index in [-0.39, 0.29) is 5.91 Å². The Morgan fingerprint density at radius 1 is 0.897 bits per heavy atom. The first-order valence-electron chi connectivity index (χ1n) is 9.06. The first-order valence-corrected chi connectivity index (χ1v) is 10.3. The van der Waals surface area contributed by atoms with E-state index in [9.17, 15) is 4.79 Å². The minimum absolute atomic E-state index is 0.0830. The highest BCUT2D eigenvalue weighted by Gasteiger charge is 2.31. The number of carbonyl (C=O) groups is 1. The molecule has 1 fully saturated rings. The number of rotatable bonds is 6. The number of hydrogen-bond donors (Lipinski definition) is 1. The number of thioether (sulfide) groups is 1. The quantitative estimate of drug-likeness (QED) is 0.408. The van der Waals surface area contributed by atoms with Crippen LogP contribution < -0.4 is 10.1 Å². The number of para-hydroxylation sites is 1. The van der Waals surface area contributed by atoms with Crippen molar-refractivity contribution in [2.75, 3.05) is 12.0 Å². The molecule has 3 aromatic rings. The molecule has 1 N–H and O–H groups in total. The molecule has 144 valence electrons. The number of thiocarbonyl (C=S) groups is 1. The number of nitrogens with one attached hydrogen (secondary N) is 1. The number of carbonyl (C=O) groups excluding carboxylic acids is 1. The van der Waals surface area contributed by atoms with Gasteiger partial charge in [0.05, 0.1) is 11.6 Å². The Labute approximate surface area is 179 Å². The van der Waals surface area contributed by atoms with Crippen molar-refractivity contribution < 1.29 is 9.53 Å². The van der Waals surface area contributed by atoms with E-state index < -0.39 is 0 Å². The van der Waals surface area contributed by atoms with Crippen LogP contribution in [0.2, 0.25) is 0 Å². The summed E-state index contributed by atoms with van der Waals surface area (Å²) in [5, 5.41) is 3.24. The third-order valence-corrected chi connectivity index (χ3v) is 5.62. The van der Waals surface area contributed by atoms with Crippen molar-refractivity contribution in [2.24, 2.45) is 0 Å². The highest BCUT2D eigenvalue weighted by molar-refractivity contribution is 8.26. The molecule has 1 aliphatic heterocycles. The van der Waals surface area contributed by atoms with Crippen LogP contribution in [0.4, 0.5) is 5.69 Å². The zero-order valence-electron chi connectivity index (χ0n) is 15.4. The second-order valence-electron chi connectivity index (χ2n) is 6.29. The lowest BCUT2D eigenvalue weighted by atomic mass is 10.2. The second-order valence-corrected chi connectivity index (χ2v) is 7.97. The van der Waals surface area contributed by atoms with Gasteiger partial charge in [0, 0.05) is 5.69 Å². The van der Waals surface area contributed by atoms with Crippen molar-refractivity contribution in [3.63, 3.8) is 0 Å². The number of ether oxygens (including phenoxy) is 1. The first kappa shape index (κ1) is 19.2. The minimum Gasteiger partial charge on any atom is -0.457 e. The van der Waals surface area contributed by atoms with Crippen molar-refractivity contribution in [1.29, 1.82) is 0 Å². The second kappa shape index (κ2) is 8.94. The maximum atomic E-state index is 12.7. The lowest BCUT2D eigenvalue weighted by Crippen LogP contribution is -2.33. The molecule has 6 heteroatoms. The van der Waals surface area contributed by atoms with Crippen molar-refractivity contribution in [3.8, 4) is 11.5 Å². The maximum Gasteiger partial charge on any atom is 0.267 e. The number of amides is 1. The Balaban J connectivity index is 1.37. The van der Waals surface area contributed by atoms with Gasteiger partial charge >= 0.3 is 0 Å². The Bertz CT molecular complexity index is 1040. The first-order chi connectivity index (χ1) is 14.2. The fourth-order valence-corrected chi connectivity index (χ4v) is 4.03. The van der Waals surface area contributed by atoms with E-state index in [4.69, 9.17) is 17.0 Å². The zero-order valence-corrected chi connectivity index (χ0v) is 17.1. The van der Waals surface area contributed by atoms with Crippen LogP contribution in [-0.2, 0) is 4.79 Å². The Hall–Kier alpha value is -3.09. The fraction of sp³-hybridized carbons (Fsp3) is 0.0435. The zero-order chi connectivity index (χ0) is 20.1. The van der Waals surface area contributed by atoms with Crippen LogP contribution in [0, 0.1) is 0 Å². The highest BCUT2D eigenvalue weighted by atomic mass is 32.2. The smallest absolute Gasteiger partial charge is 0.267 e. The van der Waals surface area contributed by atoms with E-state index in [0.29, 0.717) is 15.9 Å². The largest absolute Gasteiger partial charge is 0.457 e. The summed E-state index contributed by atoms with van der Waals surface area (Å²) in [5.41, 5.74) is 1.86. The molecular weight excluding hydrogens is 400 g/mol. The molecule has 1 amide bonds. The normalized spacial score (nSPS) is 15.0. The molecule has 1 saturated heterocycles. The molecule has 0 radical (unpaired) electrons. The van der Waals surface area contributed by atoms with Crippen LogP contribution in [0.5, 0.6) is 11.5 Å². The van der Waals surface area contributed by atoms with Gasteiger partial charge in [-0.3, -0.25) is 9.69 Å². The van der Waals surface area contributed by atoms with Gasteiger partial charge in [-0.05, 0) is 48.0 Å². The average molecular weight is 419 g/mol. The third kappa shape index (κ3) is 4.85. The molecule has 29 heavy (non-hydrogen) atoms. The molecule has 1 heterocycles. The molecule has 0 saturated carbocycles. The van der Waals surface area contributed by atoms with E-state index in [2.05, 4.69) is 5.32 Å². The Morgan fingerprint density at radius 3 is 2.21 bits per heavy atom. The summed E-state index contributed by atoms with van der Waals surface area (Å²) >= 11 is 6.71. The van der Waals surface area contributed by atoms with Crippen LogP contribution in [0.1, 0.15) is 5.56 Å². The molecule has 0 atom stereocenters. The Morgan fingerprint density at radius 2 is 1.52 bits per heavy atom. The van der Waals surface area contributed by atoms with E-state index in [1.165, 1.54) is 11.8 Å². The Kier molecular flexibility index (Phi) is 5.93. The van der Waals surface area contributed by atoms with E-state index in [1.54, 1.807) is 4.90 Å². The van der Waals surface area contributed by atoms with Gasteiger partial charge < -0.3 is 10.1 Å². The summed E-state index contributed by atoms with van der Waals surface area (Å²) in [6.07, 6.45) is 1.87. The summed E-state index contributed by atoms with van der Waals surface area (Å²) in [7, 11) is 0. The van der Waals surface area contributed by atoms with Gasteiger partial charge in [0.1, 0.15) is 15.8 Å². The summed E-state index contributed by atoms with van der Waals surface area (Å²) in [5.74, 6) is 1.45. The fourth-order valence-electron chi connectivity index (χ4n) is 2.77. The minimum atomic E-state index is -0.0830. The SMILES string of the molecule is O=C1C(=Cc2ccccc2)SC(=S)N1CNc1ccc(Oc2ccccc2)cc1. The molecule has 0 bridgehead atoms. The number of hydrogen-bond acceptors (Lipinski definition) is 5. The molecule has 0 aliphatic carbocycles. The number of benzene rings is 3. The van der Waals surface area contributed by atoms with Crippen molar-refractivity contribution in [3.05, 3.63) is 95.4 Å². The van der Waals surface area contributed by atoms with Gasteiger partial charge in [0.15, 0.2) is 0 Å². The van der Waals surface area contributed by atoms with E-state index in [1.807, 2.05) is 91.0 Å². The molecule has 4 nitrogen and oxygen atoms in total. The summed E-state index contributed by atoms with van der Waals surface area (Å²) in [6.45, 7) is 0.315. The van der Waals surface area contributed by atoms with E-state index in [0.717, 1.165) is 22.7 Å². The summed E-state index contributed by atoms with van der Waals surface area (Å²) in [4.78, 5) is 14.9. The van der Waals surface area contributed by atoms with Crippen molar-refractivity contribution in [2.45, 2.75) is 0 Å². The van der Waals surface area contributed by atoms with Crippen LogP contribution in [-0.4, -0.2) is 21.8 Å². The van der Waals surface area contributed by atoms with Crippen molar-refractivity contribution >= 4 is 46.0 Å². The maximum absolute atomic E-state index is 12.7.